The molecule has 1 aliphatic heterocycles. The van der Waals surface area contributed by atoms with Gasteiger partial charge in [0.1, 0.15) is 6.04 Å². The Labute approximate surface area is 138 Å². The molecule has 3 rings (SSSR count). The van der Waals surface area contributed by atoms with Gasteiger partial charge in [-0.15, -0.1) is 0 Å². The van der Waals surface area contributed by atoms with Gasteiger partial charge in [-0.25, -0.2) is 4.79 Å². The quantitative estimate of drug-likeness (QED) is 0.886. The van der Waals surface area contributed by atoms with Crippen LogP contribution in [0.4, 0.5) is 10.5 Å². The SMILES string of the molecule is O=C(NC1CC1)C1CCCN1C(=O)Nc1ccc(Cl)cc1Cl. The molecule has 3 amide bonds. The van der Waals surface area contributed by atoms with Crippen molar-refractivity contribution < 1.29 is 9.59 Å². The summed E-state index contributed by atoms with van der Waals surface area (Å²) in [6.07, 6.45) is 3.58. The Morgan fingerprint density at radius 2 is 1.95 bits per heavy atom. The third kappa shape index (κ3) is 3.47. The fraction of sp³-hybridized carbons (Fsp3) is 0.467. The number of hydrogen-bond donors (Lipinski definition) is 2. The first-order valence-electron chi connectivity index (χ1n) is 7.37. The molecule has 1 saturated carbocycles. The maximum atomic E-state index is 12.4. The van der Waals surface area contributed by atoms with E-state index < -0.39 is 6.04 Å². The van der Waals surface area contributed by atoms with Crippen LogP contribution >= 0.6 is 23.2 Å². The number of urea groups is 1. The van der Waals surface area contributed by atoms with E-state index >= 15 is 0 Å². The zero-order chi connectivity index (χ0) is 15.7. The molecule has 0 bridgehead atoms. The second-order valence-corrected chi connectivity index (χ2v) is 6.53. The third-order valence-electron chi connectivity index (χ3n) is 3.91. The van der Waals surface area contributed by atoms with E-state index in [0.29, 0.717) is 34.7 Å². The number of carbonyl (C=O) groups excluding carboxylic acids is 2. The molecular formula is C15H17Cl2N3O2. The highest BCUT2D eigenvalue weighted by Gasteiger charge is 2.36. The smallest absolute Gasteiger partial charge is 0.322 e. The molecule has 1 atom stereocenters. The lowest BCUT2D eigenvalue weighted by atomic mass is 10.2. The number of likely N-dealkylation sites (tertiary alicyclic amines) is 1. The van der Waals surface area contributed by atoms with Crippen molar-refractivity contribution in [2.45, 2.75) is 37.8 Å². The minimum atomic E-state index is -0.397. The highest BCUT2D eigenvalue weighted by Crippen LogP contribution is 2.27. The Morgan fingerprint density at radius 1 is 1.18 bits per heavy atom. The zero-order valence-corrected chi connectivity index (χ0v) is 13.5. The van der Waals surface area contributed by atoms with Gasteiger partial charge in [0.15, 0.2) is 0 Å². The van der Waals surface area contributed by atoms with Crippen molar-refractivity contribution in [2.24, 2.45) is 0 Å². The molecule has 5 nitrogen and oxygen atoms in total. The van der Waals surface area contributed by atoms with Crippen molar-refractivity contribution in [3.63, 3.8) is 0 Å². The van der Waals surface area contributed by atoms with Gasteiger partial charge in [0.2, 0.25) is 5.91 Å². The summed E-state index contributed by atoms with van der Waals surface area (Å²) in [6.45, 7) is 0.569. The fourth-order valence-corrected chi connectivity index (χ4v) is 3.04. The number of nitrogens with zero attached hydrogens (tertiary/aromatic N) is 1. The van der Waals surface area contributed by atoms with Crippen molar-refractivity contribution >= 4 is 40.8 Å². The molecule has 2 aliphatic rings. The number of benzene rings is 1. The van der Waals surface area contributed by atoms with Crippen molar-refractivity contribution in [2.75, 3.05) is 11.9 Å². The van der Waals surface area contributed by atoms with Crippen LogP contribution in [-0.4, -0.2) is 35.5 Å². The summed E-state index contributed by atoms with van der Waals surface area (Å²) in [5, 5.41) is 6.59. The van der Waals surface area contributed by atoms with E-state index in [2.05, 4.69) is 10.6 Å². The monoisotopic (exact) mass is 341 g/mol. The van der Waals surface area contributed by atoms with E-state index in [4.69, 9.17) is 23.2 Å². The van der Waals surface area contributed by atoms with Gasteiger partial charge in [0.05, 0.1) is 10.7 Å². The summed E-state index contributed by atoms with van der Waals surface area (Å²) in [4.78, 5) is 26.2. The molecular weight excluding hydrogens is 325 g/mol. The van der Waals surface area contributed by atoms with E-state index in [1.807, 2.05) is 0 Å². The van der Waals surface area contributed by atoms with Gasteiger partial charge < -0.3 is 15.5 Å². The Morgan fingerprint density at radius 3 is 2.64 bits per heavy atom. The highest BCUT2D eigenvalue weighted by atomic mass is 35.5. The van der Waals surface area contributed by atoms with Gasteiger partial charge in [-0.2, -0.15) is 0 Å². The molecule has 1 saturated heterocycles. The van der Waals surface area contributed by atoms with Crippen LogP contribution in [0, 0.1) is 0 Å². The molecule has 1 aliphatic carbocycles. The topological polar surface area (TPSA) is 61.4 Å². The van der Waals surface area contributed by atoms with E-state index in [1.165, 1.54) is 0 Å². The van der Waals surface area contributed by atoms with Crippen molar-refractivity contribution in [3.8, 4) is 0 Å². The predicted octanol–water partition coefficient (Wildman–Crippen LogP) is 3.27. The maximum Gasteiger partial charge on any atom is 0.322 e. The Bertz CT molecular complexity index is 604. The number of carbonyl (C=O) groups is 2. The number of hydrogen-bond acceptors (Lipinski definition) is 2. The van der Waals surface area contributed by atoms with Gasteiger partial charge >= 0.3 is 6.03 Å². The molecule has 1 aromatic carbocycles. The Hall–Kier alpha value is -1.46. The molecule has 118 valence electrons. The summed E-state index contributed by atoms with van der Waals surface area (Å²) in [5.74, 6) is -0.0580. The lowest BCUT2D eigenvalue weighted by molar-refractivity contribution is -0.124. The molecule has 0 spiro atoms. The van der Waals surface area contributed by atoms with Crippen molar-refractivity contribution in [1.29, 1.82) is 0 Å². The lowest BCUT2D eigenvalue weighted by Crippen LogP contribution is -2.48. The summed E-state index contributed by atoms with van der Waals surface area (Å²) in [7, 11) is 0. The number of rotatable bonds is 3. The van der Waals surface area contributed by atoms with Crippen LogP contribution in [-0.2, 0) is 4.79 Å². The standard InChI is InChI=1S/C15H17Cl2N3O2/c16-9-3-6-12(11(17)8-9)19-15(22)20-7-1-2-13(20)14(21)18-10-4-5-10/h3,6,8,10,13H,1-2,4-5,7H2,(H,18,21)(H,19,22). The van der Waals surface area contributed by atoms with Crippen LogP contribution in [0.15, 0.2) is 18.2 Å². The van der Waals surface area contributed by atoms with Gasteiger partial charge in [-0.05, 0) is 43.9 Å². The molecule has 0 aromatic heterocycles. The predicted molar refractivity (Wildman–Crippen MR) is 86.4 cm³/mol. The number of nitrogens with one attached hydrogen (secondary N) is 2. The largest absolute Gasteiger partial charge is 0.352 e. The van der Waals surface area contributed by atoms with Crippen LogP contribution < -0.4 is 10.6 Å². The summed E-state index contributed by atoms with van der Waals surface area (Å²) in [5.41, 5.74) is 0.490. The van der Waals surface area contributed by atoms with Crippen LogP contribution in [0.5, 0.6) is 0 Å². The fourth-order valence-electron chi connectivity index (χ4n) is 2.59. The van der Waals surface area contributed by atoms with Crippen LogP contribution in [0.25, 0.3) is 0 Å². The Balaban J connectivity index is 1.66. The van der Waals surface area contributed by atoms with Crippen LogP contribution in [0.1, 0.15) is 25.7 Å². The zero-order valence-electron chi connectivity index (χ0n) is 11.9. The number of amides is 3. The molecule has 1 heterocycles. The summed E-state index contributed by atoms with van der Waals surface area (Å²) >= 11 is 11.9. The highest BCUT2D eigenvalue weighted by molar-refractivity contribution is 6.36. The Kier molecular flexibility index (Phi) is 4.45. The minimum Gasteiger partial charge on any atom is -0.352 e. The second kappa shape index (κ2) is 6.34. The molecule has 2 N–H and O–H groups in total. The lowest BCUT2D eigenvalue weighted by Gasteiger charge is -2.24. The molecule has 22 heavy (non-hydrogen) atoms. The van der Waals surface area contributed by atoms with Crippen molar-refractivity contribution in [1.82, 2.24) is 10.2 Å². The van der Waals surface area contributed by atoms with E-state index in [0.717, 1.165) is 19.3 Å². The molecule has 7 heteroatoms. The third-order valence-corrected chi connectivity index (χ3v) is 4.46. The molecule has 0 radical (unpaired) electrons. The maximum absolute atomic E-state index is 12.4. The molecule has 2 fully saturated rings. The average molecular weight is 342 g/mol. The number of anilines is 1. The normalized spacial score (nSPS) is 20.8. The van der Waals surface area contributed by atoms with E-state index in [-0.39, 0.29) is 11.9 Å². The first-order chi connectivity index (χ1) is 10.5. The van der Waals surface area contributed by atoms with Gasteiger partial charge in [-0.3, -0.25) is 4.79 Å². The summed E-state index contributed by atoms with van der Waals surface area (Å²) < 4.78 is 0. The van der Waals surface area contributed by atoms with Crippen LogP contribution in [0.3, 0.4) is 0 Å². The van der Waals surface area contributed by atoms with E-state index in [9.17, 15) is 9.59 Å². The van der Waals surface area contributed by atoms with Gasteiger partial charge in [0, 0.05) is 17.6 Å². The second-order valence-electron chi connectivity index (χ2n) is 5.69. The van der Waals surface area contributed by atoms with Crippen LogP contribution in [0.2, 0.25) is 10.0 Å². The first-order valence-corrected chi connectivity index (χ1v) is 8.13. The molecule has 1 unspecified atom stereocenters. The van der Waals surface area contributed by atoms with Gasteiger partial charge in [-0.1, -0.05) is 23.2 Å². The minimum absolute atomic E-state index is 0.0580. The summed E-state index contributed by atoms with van der Waals surface area (Å²) in [6, 6.07) is 4.47. The van der Waals surface area contributed by atoms with E-state index in [1.54, 1.807) is 23.1 Å². The van der Waals surface area contributed by atoms with Gasteiger partial charge in [0.25, 0.3) is 0 Å². The average Bonchev–Trinajstić information content (AvgIpc) is 3.14. The molecule has 1 aromatic rings. The number of halogens is 2. The first kappa shape index (κ1) is 15.4. The van der Waals surface area contributed by atoms with Crippen molar-refractivity contribution in [3.05, 3.63) is 28.2 Å².